The van der Waals surface area contributed by atoms with Gasteiger partial charge in [0.1, 0.15) is 17.3 Å². The summed E-state index contributed by atoms with van der Waals surface area (Å²) in [5, 5.41) is 11.4. The lowest BCUT2D eigenvalue weighted by Gasteiger charge is -2.25. The number of carbonyl (C=O) groups is 2. The summed E-state index contributed by atoms with van der Waals surface area (Å²) in [5.74, 6) is -2.22. The minimum Gasteiger partial charge on any atom is -0.507 e. The van der Waals surface area contributed by atoms with Crippen LogP contribution in [0.4, 0.5) is 10.1 Å². The quantitative estimate of drug-likeness (QED) is 0.350. The van der Waals surface area contributed by atoms with Gasteiger partial charge in [-0.05, 0) is 54.6 Å². The molecule has 0 radical (unpaired) electrons. The molecule has 1 atom stereocenters. The molecule has 7 heteroatoms. The van der Waals surface area contributed by atoms with E-state index < -0.39 is 29.3 Å². The Kier molecular flexibility index (Phi) is 5.48. The lowest BCUT2D eigenvalue weighted by molar-refractivity contribution is -0.132. The van der Waals surface area contributed by atoms with Gasteiger partial charge in [0.15, 0.2) is 0 Å². The van der Waals surface area contributed by atoms with E-state index in [4.69, 9.17) is 16.3 Å². The van der Waals surface area contributed by atoms with Crippen molar-refractivity contribution in [2.75, 3.05) is 12.0 Å². The highest BCUT2D eigenvalue weighted by Gasteiger charge is 2.47. The second kappa shape index (κ2) is 8.24. The fourth-order valence-corrected chi connectivity index (χ4v) is 3.72. The summed E-state index contributed by atoms with van der Waals surface area (Å²) in [6, 6.07) is 17.3. The molecular formula is C24H17ClFNO4. The molecule has 0 saturated carbocycles. The van der Waals surface area contributed by atoms with Crippen molar-refractivity contribution in [1.82, 2.24) is 0 Å². The van der Waals surface area contributed by atoms with Crippen molar-refractivity contribution < 1.29 is 23.8 Å². The molecule has 3 aromatic rings. The molecule has 1 amide bonds. The lowest BCUT2D eigenvalue weighted by atomic mass is 9.94. The van der Waals surface area contributed by atoms with Crippen molar-refractivity contribution in [1.29, 1.82) is 0 Å². The summed E-state index contributed by atoms with van der Waals surface area (Å²) in [4.78, 5) is 27.2. The molecule has 1 N–H and O–H groups in total. The van der Waals surface area contributed by atoms with E-state index in [1.54, 1.807) is 42.5 Å². The SMILES string of the molecule is COc1ccc(N2C(=O)C(=O)C(=C(O)c3ccc(Cl)cc3)C2c2ccccc2F)cc1. The standard InChI is InChI=1S/C24H17ClFNO4/c1-31-17-12-10-16(11-13-17)27-21(18-4-2-3-5-19(18)26)20(23(29)24(27)30)22(28)14-6-8-15(25)9-7-14/h2-13,21,28H,1H3. The Hall–Kier alpha value is -3.64. The number of hydrogen-bond donors (Lipinski definition) is 1. The predicted octanol–water partition coefficient (Wildman–Crippen LogP) is 5.11. The Morgan fingerprint density at radius 1 is 1.00 bits per heavy atom. The topological polar surface area (TPSA) is 66.8 Å². The zero-order valence-electron chi connectivity index (χ0n) is 16.4. The highest BCUT2D eigenvalue weighted by Crippen LogP contribution is 2.43. The molecule has 1 saturated heterocycles. The monoisotopic (exact) mass is 437 g/mol. The molecule has 0 spiro atoms. The molecule has 1 heterocycles. The van der Waals surface area contributed by atoms with E-state index in [-0.39, 0.29) is 11.1 Å². The molecule has 3 aromatic carbocycles. The second-order valence-electron chi connectivity index (χ2n) is 6.90. The van der Waals surface area contributed by atoms with E-state index in [1.165, 1.54) is 42.3 Å². The summed E-state index contributed by atoms with van der Waals surface area (Å²) in [6.45, 7) is 0. The number of aliphatic hydroxyl groups is 1. The summed E-state index contributed by atoms with van der Waals surface area (Å²) in [5.41, 5.74) is 0.547. The van der Waals surface area contributed by atoms with Gasteiger partial charge >= 0.3 is 0 Å². The fourth-order valence-electron chi connectivity index (χ4n) is 3.60. The number of hydrogen-bond acceptors (Lipinski definition) is 4. The summed E-state index contributed by atoms with van der Waals surface area (Å²) in [6.07, 6.45) is 0. The minimum atomic E-state index is -1.15. The number of rotatable bonds is 4. The van der Waals surface area contributed by atoms with Crippen molar-refractivity contribution in [3.63, 3.8) is 0 Å². The van der Waals surface area contributed by atoms with Crippen LogP contribution in [0.1, 0.15) is 17.2 Å². The Labute approximate surface area is 182 Å². The van der Waals surface area contributed by atoms with Crippen molar-refractivity contribution in [2.24, 2.45) is 0 Å². The van der Waals surface area contributed by atoms with Crippen LogP contribution >= 0.6 is 11.6 Å². The van der Waals surface area contributed by atoms with E-state index in [9.17, 15) is 19.1 Å². The van der Waals surface area contributed by atoms with Crippen LogP contribution in [0.5, 0.6) is 5.75 Å². The van der Waals surface area contributed by atoms with E-state index in [2.05, 4.69) is 0 Å². The lowest BCUT2D eigenvalue weighted by Crippen LogP contribution is -2.29. The van der Waals surface area contributed by atoms with Gasteiger partial charge in [0, 0.05) is 21.8 Å². The number of methoxy groups -OCH3 is 1. The molecule has 156 valence electrons. The number of anilines is 1. The zero-order chi connectivity index (χ0) is 22.1. The first-order valence-corrected chi connectivity index (χ1v) is 9.75. The number of amides is 1. The van der Waals surface area contributed by atoms with Gasteiger partial charge in [-0.2, -0.15) is 0 Å². The van der Waals surface area contributed by atoms with Gasteiger partial charge in [0.25, 0.3) is 11.7 Å². The van der Waals surface area contributed by atoms with E-state index in [1.807, 2.05) is 0 Å². The molecule has 1 unspecified atom stereocenters. The molecule has 0 bridgehead atoms. The zero-order valence-corrected chi connectivity index (χ0v) is 17.1. The first-order chi connectivity index (χ1) is 14.9. The first kappa shape index (κ1) is 20.6. The molecule has 0 aliphatic carbocycles. The third-order valence-electron chi connectivity index (χ3n) is 5.11. The molecule has 4 rings (SSSR count). The van der Waals surface area contributed by atoms with Crippen LogP contribution in [0, 0.1) is 5.82 Å². The number of halogens is 2. The summed E-state index contributed by atoms with van der Waals surface area (Å²) < 4.78 is 20.0. The molecule has 5 nitrogen and oxygen atoms in total. The maximum Gasteiger partial charge on any atom is 0.300 e. The normalized spacial score (nSPS) is 17.8. The predicted molar refractivity (Wildman–Crippen MR) is 116 cm³/mol. The largest absolute Gasteiger partial charge is 0.507 e. The van der Waals surface area contributed by atoms with Crippen molar-refractivity contribution in [2.45, 2.75) is 6.04 Å². The number of nitrogens with zero attached hydrogens (tertiary/aromatic N) is 1. The van der Waals surface area contributed by atoms with Crippen LogP contribution in [-0.2, 0) is 9.59 Å². The maximum atomic E-state index is 14.8. The molecule has 1 aliphatic heterocycles. The van der Waals surface area contributed by atoms with Crippen LogP contribution in [0.15, 0.2) is 78.4 Å². The van der Waals surface area contributed by atoms with Crippen LogP contribution in [0.25, 0.3) is 5.76 Å². The Bertz CT molecular complexity index is 1190. The van der Waals surface area contributed by atoms with Gasteiger partial charge < -0.3 is 9.84 Å². The third-order valence-corrected chi connectivity index (χ3v) is 5.36. The Morgan fingerprint density at radius 2 is 1.65 bits per heavy atom. The van der Waals surface area contributed by atoms with Crippen molar-refractivity contribution in [3.8, 4) is 5.75 Å². The van der Waals surface area contributed by atoms with Crippen LogP contribution < -0.4 is 9.64 Å². The highest BCUT2D eigenvalue weighted by atomic mass is 35.5. The van der Waals surface area contributed by atoms with Crippen LogP contribution in [0.3, 0.4) is 0 Å². The smallest absolute Gasteiger partial charge is 0.300 e. The Balaban J connectivity index is 1.94. The fraction of sp³-hybridized carbons (Fsp3) is 0.0833. The maximum absolute atomic E-state index is 14.8. The molecular weight excluding hydrogens is 421 g/mol. The minimum absolute atomic E-state index is 0.0908. The number of ketones is 1. The van der Waals surface area contributed by atoms with Crippen LogP contribution in [-0.4, -0.2) is 23.9 Å². The molecule has 0 aromatic heterocycles. The number of benzene rings is 3. The van der Waals surface area contributed by atoms with Crippen molar-refractivity contribution >= 4 is 34.7 Å². The van der Waals surface area contributed by atoms with E-state index in [0.717, 1.165) is 0 Å². The average molecular weight is 438 g/mol. The number of ether oxygens (including phenoxy) is 1. The average Bonchev–Trinajstić information content (AvgIpc) is 3.04. The third kappa shape index (κ3) is 3.66. The number of aliphatic hydroxyl groups excluding tert-OH is 1. The van der Waals surface area contributed by atoms with Crippen molar-refractivity contribution in [3.05, 3.63) is 100 Å². The molecule has 1 fully saturated rings. The molecule has 1 aliphatic rings. The summed E-state index contributed by atoms with van der Waals surface area (Å²) in [7, 11) is 1.51. The van der Waals surface area contributed by atoms with Gasteiger partial charge in [0.05, 0.1) is 18.7 Å². The first-order valence-electron chi connectivity index (χ1n) is 9.38. The van der Waals surface area contributed by atoms with Gasteiger partial charge in [0.2, 0.25) is 0 Å². The number of carbonyl (C=O) groups excluding carboxylic acids is 2. The van der Waals surface area contributed by atoms with Gasteiger partial charge in [-0.3, -0.25) is 14.5 Å². The summed E-state index contributed by atoms with van der Waals surface area (Å²) >= 11 is 5.91. The van der Waals surface area contributed by atoms with Crippen LogP contribution in [0.2, 0.25) is 5.02 Å². The Morgan fingerprint density at radius 3 is 2.26 bits per heavy atom. The second-order valence-corrected chi connectivity index (χ2v) is 7.33. The highest BCUT2D eigenvalue weighted by molar-refractivity contribution is 6.51. The van der Waals surface area contributed by atoms with E-state index in [0.29, 0.717) is 22.0 Å². The van der Waals surface area contributed by atoms with Gasteiger partial charge in [-0.1, -0.05) is 29.8 Å². The molecule has 31 heavy (non-hydrogen) atoms. The number of Topliss-reactive ketones (excluding diaryl/α,β-unsaturated/α-hetero) is 1. The van der Waals surface area contributed by atoms with Gasteiger partial charge in [-0.25, -0.2) is 4.39 Å². The van der Waals surface area contributed by atoms with E-state index >= 15 is 0 Å². The van der Waals surface area contributed by atoms with Gasteiger partial charge in [-0.15, -0.1) is 0 Å².